The molecule has 1 aromatic carbocycles. The number of hydrogen-bond acceptors (Lipinski definition) is 4. The summed E-state index contributed by atoms with van der Waals surface area (Å²) in [5, 5.41) is 11.1. The second kappa shape index (κ2) is 8.06. The van der Waals surface area contributed by atoms with Crippen LogP contribution in [0.5, 0.6) is 0 Å². The van der Waals surface area contributed by atoms with Crippen molar-refractivity contribution in [3.05, 3.63) is 29.8 Å². The Morgan fingerprint density at radius 2 is 2.00 bits per heavy atom. The van der Waals surface area contributed by atoms with Crippen LogP contribution in [0.15, 0.2) is 29.2 Å². The van der Waals surface area contributed by atoms with Crippen LogP contribution in [0, 0.1) is 5.92 Å². The van der Waals surface area contributed by atoms with Crippen molar-refractivity contribution in [2.24, 2.45) is 5.92 Å². The Morgan fingerprint density at radius 3 is 2.61 bits per heavy atom. The van der Waals surface area contributed by atoms with Gasteiger partial charge < -0.3 is 14.7 Å². The molecule has 128 valence electrons. The second-order valence-electron chi connectivity index (χ2n) is 6.42. The molecule has 0 radical (unpaired) electrons. The van der Waals surface area contributed by atoms with Crippen molar-refractivity contribution in [2.45, 2.75) is 44.1 Å². The average molecular weight is 337 g/mol. The van der Waals surface area contributed by atoms with Crippen LogP contribution in [-0.2, 0) is 10.3 Å². The number of amides is 1. The molecule has 1 heterocycles. The summed E-state index contributed by atoms with van der Waals surface area (Å²) < 4.78 is 5.05. The van der Waals surface area contributed by atoms with E-state index in [9.17, 15) is 9.90 Å². The maximum Gasteiger partial charge on any atom is 0.409 e. The van der Waals surface area contributed by atoms with Crippen molar-refractivity contribution in [2.75, 3.05) is 25.4 Å². The summed E-state index contributed by atoms with van der Waals surface area (Å²) in [6, 6.07) is 8.09. The highest BCUT2D eigenvalue weighted by Crippen LogP contribution is 2.38. The monoisotopic (exact) mass is 337 g/mol. The van der Waals surface area contributed by atoms with Crippen LogP contribution < -0.4 is 0 Å². The van der Waals surface area contributed by atoms with E-state index >= 15 is 0 Å². The van der Waals surface area contributed by atoms with E-state index in [0.717, 1.165) is 16.2 Å². The van der Waals surface area contributed by atoms with Gasteiger partial charge >= 0.3 is 6.09 Å². The third-order valence-corrected chi connectivity index (χ3v) is 5.58. The first-order chi connectivity index (χ1) is 11.0. The third kappa shape index (κ3) is 4.64. The van der Waals surface area contributed by atoms with Gasteiger partial charge in [-0.15, -0.1) is 11.8 Å². The zero-order chi connectivity index (χ0) is 16.9. The van der Waals surface area contributed by atoms with Gasteiger partial charge in [0.1, 0.15) is 0 Å². The highest BCUT2D eigenvalue weighted by molar-refractivity contribution is 7.99. The minimum absolute atomic E-state index is 0.281. The lowest BCUT2D eigenvalue weighted by Crippen LogP contribution is -2.45. The fourth-order valence-corrected chi connectivity index (χ4v) is 3.88. The van der Waals surface area contributed by atoms with Crippen LogP contribution in [-0.4, -0.2) is 41.5 Å². The van der Waals surface area contributed by atoms with E-state index < -0.39 is 5.60 Å². The van der Waals surface area contributed by atoms with Gasteiger partial charge in [-0.1, -0.05) is 32.0 Å². The Morgan fingerprint density at radius 1 is 1.35 bits per heavy atom. The predicted molar refractivity (Wildman–Crippen MR) is 93.7 cm³/mol. The topological polar surface area (TPSA) is 49.8 Å². The summed E-state index contributed by atoms with van der Waals surface area (Å²) in [6.07, 6.45) is 0.813. The molecule has 2 rings (SSSR count). The Balaban J connectivity index is 2.08. The summed E-state index contributed by atoms with van der Waals surface area (Å²) in [4.78, 5) is 14.6. The van der Waals surface area contributed by atoms with E-state index in [1.165, 1.54) is 0 Å². The molecule has 0 aliphatic carbocycles. The summed E-state index contributed by atoms with van der Waals surface area (Å²) >= 11 is 1.80. The van der Waals surface area contributed by atoms with E-state index in [0.29, 0.717) is 38.5 Å². The van der Waals surface area contributed by atoms with Gasteiger partial charge in [-0.25, -0.2) is 4.79 Å². The number of thioether (sulfide) groups is 1. The number of piperidine rings is 1. The number of nitrogens with zero attached hydrogens (tertiary/aromatic N) is 1. The molecule has 1 saturated heterocycles. The molecule has 4 nitrogen and oxygen atoms in total. The van der Waals surface area contributed by atoms with Crippen LogP contribution in [0.4, 0.5) is 4.79 Å². The van der Waals surface area contributed by atoms with Gasteiger partial charge in [0.25, 0.3) is 0 Å². The van der Waals surface area contributed by atoms with E-state index in [-0.39, 0.29) is 6.09 Å². The molecule has 1 N–H and O–H groups in total. The third-order valence-electron chi connectivity index (χ3n) is 4.08. The quantitative estimate of drug-likeness (QED) is 0.829. The van der Waals surface area contributed by atoms with Crippen LogP contribution in [0.1, 0.15) is 39.2 Å². The van der Waals surface area contributed by atoms with Gasteiger partial charge in [0.05, 0.1) is 12.2 Å². The normalized spacial score (nSPS) is 17.3. The maximum absolute atomic E-state index is 11.8. The zero-order valence-corrected chi connectivity index (χ0v) is 15.1. The van der Waals surface area contributed by atoms with Crippen LogP contribution in [0.2, 0.25) is 0 Å². The smallest absolute Gasteiger partial charge is 0.409 e. The minimum Gasteiger partial charge on any atom is -0.450 e. The lowest BCUT2D eigenvalue weighted by atomic mass is 9.84. The number of rotatable bonds is 5. The molecule has 0 atom stereocenters. The molecule has 0 saturated carbocycles. The first-order valence-electron chi connectivity index (χ1n) is 8.32. The number of benzene rings is 1. The molecule has 1 amide bonds. The van der Waals surface area contributed by atoms with Crippen molar-refractivity contribution < 1.29 is 14.6 Å². The molecule has 1 fully saturated rings. The van der Waals surface area contributed by atoms with Crippen molar-refractivity contribution in [1.82, 2.24) is 4.90 Å². The highest BCUT2D eigenvalue weighted by atomic mass is 32.2. The number of carbonyl (C=O) groups excluding carboxylic acids is 1. The molecule has 1 aliphatic rings. The van der Waals surface area contributed by atoms with Crippen molar-refractivity contribution in [3.63, 3.8) is 0 Å². The molecule has 0 bridgehead atoms. The molecule has 5 heteroatoms. The van der Waals surface area contributed by atoms with E-state index in [1.807, 2.05) is 18.2 Å². The molecule has 1 aromatic rings. The fourth-order valence-electron chi connectivity index (χ4n) is 2.78. The van der Waals surface area contributed by atoms with Gasteiger partial charge in [-0.2, -0.15) is 0 Å². The molecular weight excluding hydrogens is 310 g/mol. The predicted octanol–water partition coefficient (Wildman–Crippen LogP) is 3.87. The Labute approximate surface area is 143 Å². The number of aliphatic hydroxyl groups is 1. The first kappa shape index (κ1) is 18.1. The summed E-state index contributed by atoms with van der Waals surface area (Å²) in [6.45, 7) is 7.63. The SMILES string of the molecule is CCOC(=O)N1CCC(O)(c2ccccc2SCC(C)C)CC1. The molecule has 23 heavy (non-hydrogen) atoms. The lowest BCUT2D eigenvalue weighted by Gasteiger charge is -2.38. The number of hydrogen-bond donors (Lipinski definition) is 1. The fraction of sp³-hybridized carbons (Fsp3) is 0.611. The standard InChI is InChI=1S/C18H27NO3S/c1-4-22-17(20)19-11-9-18(21,10-12-19)15-7-5-6-8-16(15)23-13-14(2)3/h5-8,14,21H,4,9-13H2,1-3H3. The summed E-state index contributed by atoms with van der Waals surface area (Å²) in [5.74, 6) is 1.63. The Kier molecular flexibility index (Phi) is 6.36. The Hall–Kier alpha value is -1.20. The van der Waals surface area contributed by atoms with Crippen molar-refractivity contribution in [1.29, 1.82) is 0 Å². The lowest BCUT2D eigenvalue weighted by molar-refractivity contribution is -0.0263. The van der Waals surface area contributed by atoms with Gasteiger partial charge in [-0.3, -0.25) is 0 Å². The number of ether oxygens (including phenoxy) is 1. The van der Waals surface area contributed by atoms with Gasteiger partial charge in [0.2, 0.25) is 0 Å². The molecule has 0 spiro atoms. The van der Waals surface area contributed by atoms with E-state index in [1.54, 1.807) is 23.6 Å². The van der Waals surface area contributed by atoms with E-state index in [2.05, 4.69) is 19.9 Å². The molecule has 0 unspecified atom stereocenters. The average Bonchev–Trinajstić information content (AvgIpc) is 2.54. The van der Waals surface area contributed by atoms with Crippen molar-refractivity contribution >= 4 is 17.9 Å². The van der Waals surface area contributed by atoms with Crippen molar-refractivity contribution in [3.8, 4) is 0 Å². The van der Waals surface area contributed by atoms with Crippen LogP contribution in [0.3, 0.4) is 0 Å². The summed E-state index contributed by atoms with van der Waals surface area (Å²) in [5.41, 5.74) is 0.137. The van der Waals surface area contributed by atoms with E-state index in [4.69, 9.17) is 4.74 Å². The zero-order valence-electron chi connectivity index (χ0n) is 14.2. The van der Waals surface area contributed by atoms with Gasteiger partial charge in [0.15, 0.2) is 0 Å². The molecular formula is C18H27NO3S. The van der Waals surface area contributed by atoms with Gasteiger partial charge in [-0.05, 0) is 37.3 Å². The van der Waals surface area contributed by atoms with Crippen LogP contribution >= 0.6 is 11.8 Å². The van der Waals surface area contributed by atoms with Gasteiger partial charge in [0, 0.05) is 23.7 Å². The second-order valence-corrected chi connectivity index (χ2v) is 7.48. The molecule has 0 aromatic heterocycles. The van der Waals surface area contributed by atoms with Crippen LogP contribution in [0.25, 0.3) is 0 Å². The Bertz CT molecular complexity index is 525. The first-order valence-corrected chi connectivity index (χ1v) is 9.31. The largest absolute Gasteiger partial charge is 0.450 e. The number of carbonyl (C=O) groups is 1. The minimum atomic E-state index is -0.858. The number of likely N-dealkylation sites (tertiary alicyclic amines) is 1. The highest BCUT2D eigenvalue weighted by Gasteiger charge is 2.37. The maximum atomic E-state index is 11.8. The summed E-state index contributed by atoms with van der Waals surface area (Å²) in [7, 11) is 0. The molecule has 1 aliphatic heterocycles.